The summed E-state index contributed by atoms with van der Waals surface area (Å²) >= 11 is 0. The molecule has 0 aliphatic carbocycles. The van der Waals surface area contributed by atoms with Crippen molar-refractivity contribution in [2.75, 3.05) is 5.32 Å². The summed E-state index contributed by atoms with van der Waals surface area (Å²) in [4.78, 5) is 4.60. The second-order valence-electron chi connectivity index (χ2n) is 8.00. The van der Waals surface area contributed by atoms with Crippen LogP contribution in [-0.2, 0) is 13.0 Å². The van der Waals surface area contributed by atoms with Crippen LogP contribution in [0, 0.1) is 19.7 Å². The Labute approximate surface area is 175 Å². The molecule has 0 spiro atoms. The van der Waals surface area contributed by atoms with Gasteiger partial charge in [-0.1, -0.05) is 18.2 Å². The summed E-state index contributed by atoms with van der Waals surface area (Å²) in [6, 6.07) is 17.3. The molecule has 0 saturated carbocycles. The summed E-state index contributed by atoms with van der Waals surface area (Å²) < 4.78 is 21.8. The number of anilines is 1. The van der Waals surface area contributed by atoms with Crippen LogP contribution in [0.15, 0.2) is 54.6 Å². The number of imidazole rings is 1. The van der Waals surface area contributed by atoms with Gasteiger partial charge in [-0.05, 0) is 61.7 Å². The van der Waals surface area contributed by atoms with Gasteiger partial charge in [0.2, 0.25) is 0 Å². The third-order valence-electron chi connectivity index (χ3n) is 5.83. The first-order valence-electron chi connectivity index (χ1n) is 10.3. The Bertz CT molecular complexity index is 1260. The molecule has 1 aliphatic heterocycles. The number of nitrogens with zero attached hydrogens (tertiary/aromatic N) is 2. The van der Waals surface area contributed by atoms with Gasteiger partial charge in [0.15, 0.2) is 0 Å². The van der Waals surface area contributed by atoms with E-state index >= 15 is 0 Å². The van der Waals surface area contributed by atoms with E-state index in [0.717, 1.165) is 46.0 Å². The van der Waals surface area contributed by atoms with Gasteiger partial charge in [-0.15, -0.1) is 0 Å². The maximum Gasteiger partial charge on any atom is 0.125 e. The predicted octanol–water partition coefficient (Wildman–Crippen LogP) is 5.72. The largest absolute Gasteiger partial charge is 0.490 e. The quantitative estimate of drug-likeness (QED) is 0.476. The molecule has 1 aliphatic rings. The number of halogens is 1. The van der Waals surface area contributed by atoms with Crippen LogP contribution >= 0.6 is 0 Å². The van der Waals surface area contributed by atoms with Gasteiger partial charge in [0.1, 0.15) is 23.5 Å². The summed E-state index contributed by atoms with van der Waals surface area (Å²) in [5.41, 5.74) is 7.23. The van der Waals surface area contributed by atoms with Crippen molar-refractivity contribution in [3.8, 4) is 11.4 Å². The van der Waals surface area contributed by atoms with E-state index < -0.39 is 0 Å². The van der Waals surface area contributed by atoms with Crippen molar-refractivity contribution in [3.63, 3.8) is 0 Å². The molecule has 1 N–H and O–H groups in total. The molecule has 0 radical (unpaired) electrons. The van der Waals surface area contributed by atoms with E-state index in [9.17, 15) is 4.39 Å². The molecule has 0 amide bonds. The Morgan fingerprint density at radius 2 is 2.00 bits per heavy atom. The van der Waals surface area contributed by atoms with E-state index in [2.05, 4.69) is 54.5 Å². The number of ether oxygens (including phenoxy) is 1. The summed E-state index contributed by atoms with van der Waals surface area (Å²) in [5, 5.41) is 3.51. The van der Waals surface area contributed by atoms with Crippen molar-refractivity contribution < 1.29 is 9.13 Å². The number of fused-ring (bicyclic) bond motifs is 2. The number of aryl methyl sites for hydroxylation is 1. The fourth-order valence-electron chi connectivity index (χ4n) is 4.28. The minimum Gasteiger partial charge on any atom is -0.490 e. The Hall–Kier alpha value is -3.34. The molecule has 152 valence electrons. The lowest BCUT2D eigenvalue weighted by Gasteiger charge is -2.16. The molecule has 1 atom stereocenters. The highest BCUT2D eigenvalue weighted by atomic mass is 19.1. The first-order valence-corrected chi connectivity index (χ1v) is 10.3. The van der Waals surface area contributed by atoms with Crippen molar-refractivity contribution in [1.82, 2.24) is 9.55 Å². The van der Waals surface area contributed by atoms with Gasteiger partial charge in [-0.25, -0.2) is 9.37 Å². The Balaban J connectivity index is 1.46. The van der Waals surface area contributed by atoms with Gasteiger partial charge < -0.3 is 10.1 Å². The van der Waals surface area contributed by atoms with Crippen LogP contribution in [0.1, 0.15) is 29.4 Å². The molecule has 0 saturated heterocycles. The SMILES string of the molecule is Cc1c(CNc2ccc3c(c2)OC(C)C3)cccc1-n1c(C)nc2ccc(F)cc21. The van der Waals surface area contributed by atoms with Gasteiger partial charge in [0.05, 0.1) is 16.7 Å². The molecule has 5 heteroatoms. The second kappa shape index (κ2) is 7.17. The van der Waals surface area contributed by atoms with Crippen LogP contribution in [0.5, 0.6) is 5.75 Å². The first-order chi connectivity index (χ1) is 14.5. The van der Waals surface area contributed by atoms with E-state index in [-0.39, 0.29) is 11.9 Å². The van der Waals surface area contributed by atoms with E-state index in [0.29, 0.717) is 6.54 Å². The molecule has 4 nitrogen and oxygen atoms in total. The molecular weight excluding hydrogens is 377 g/mol. The Morgan fingerprint density at radius 3 is 2.87 bits per heavy atom. The van der Waals surface area contributed by atoms with Gasteiger partial charge in [-0.3, -0.25) is 4.57 Å². The lowest BCUT2D eigenvalue weighted by molar-refractivity contribution is 0.255. The zero-order valence-corrected chi connectivity index (χ0v) is 17.4. The van der Waals surface area contributed by atoms with Crippen LogP contribution in [0.25, 0.3) is 16.7 Å². The topological polar surface area (TPSA) is 39.1 Å². The fourth-order valence-corrected chi connectivity index (χ4v) is 4.28. The zero-order valence-electron chi connectivity index (χ0n) is 17.4. The molecule has 3 aromatic carbocycles. The van der Waals surface area contributed by atoms with Crippen molar-refractivity contribution in [3.05, 3.63) is 82.9 Å². The predicted molar refractivity (Wildman–Crippen MR) is 118 cm³/mol. The summed E-state index contributed by atoms with van der Waals surface area (Å²) in [5.74, 6) is 1.56. The van der Waals surface area contributed by atoms with E-state index in [1.165, 1.54) is 17.2 Å². The average molecular weight is 401 g/mol. The molecule has 4 aromatic rings. The van der Waals surface area contributed by atoms with Crippen LogP contribution in [0.2, 0.25) is 0 Å². The standard InChI is InChI=1S/C25H24FN3O/c1-15-11-18-7-9-21(13-25(18)30-15)27-14-19-5-4-6-23(16(19)2)29-17(3)28-22-10-8-20(26)12-24(22)29/h4-10,12-13,15,27H,11,14H2,1-3H3. The molecule has 2 heterocycles. The van der Waals surface area contributed by atoms with E-state index in [1.54, 1.807) is 12.1 Å². The van der Waals surface area contributed by atoms with Crippen molar-refractivity contribution in [1.29, 1.82) is 0 Å². The van der Waals surface area contributed by atoms with Crippen molar-refractivity contribution in [2.24, 2.45) is 0 Å². The van der Waals surface area contributed by atoms with Gasteiger partial charge in [-0.2, -0.15) is 0 Å². The third kappa shape index (κ3) is 3.20. The molecule has 0 bridgehead atoms. The van der Waals surface area contributed by atoms with Crippen molar-refractivity contribution >= 4 is 16.7 Å². The van der Waals surface area contributed by atoms with Crippen molar-refractivity contribution in [2.45, 2.75) is 39.8 Å². The molecule has 0 fully saturated rings. The molecule has 1 aromatic heterocycles. The van der Waals surface area contributed by atoms with Gasteiger partial charge in [0, 0.05) is 30.8 Å². The molecule has 5 rings (SSSR count). The maximum absolute atomic E-state index is 13.9. The third-order valence-corrected chi connectivity index (χ3v) is 5.83. The molecule has 30 heavy (non-hydrogen) atoms. The van der Waals surface area contributed by atoms with Gasteiger partial charge in [0.25, 0.3) is 0 Å². The zero-order chi connectivity index (χ0) is 20.8. The highest BCUT2D eigenvalue weighted by molar-refractivity contribution is 5.78. The fraction of sp³-hybridized carbons (Fsp3) is 0.240. The maximum atomic E-state index is 13.9. The molecule has 1 unspecified atom stereocenters. The smallest absolute Gasteiger partial charge is 0.125 e. The molecular formula is C25H24FN3O. The first kappa shape index (κ1) is 18.7. The number of nitrogens with one attached hydrogen (secondary N) is 1. The summed E-state index contributed by atoms with van der Waals surface area (Å²) in [6.07, 6.45) is 1.21. The number of hydrogen-bond acceptors (Lipinski definition) is 3. The Kier molecular flexibility index (Phi) is 4.46. The number of benzene rings is 3. The van der Waals surface area contributed by atoms with Gasteiger partial charge >= 0.3 is 0 Å². The monoisotopic (exact) mass is 401 g/mol. The lowest BCUT2D eigenvalue weighted by Crippen LogP contribution is -2.06. The minimum absolute atomic E-state index is 0.243. The number of hydrogen-bond donors (Lipinski definition) is 1. The van der Waals surface area contributed by atoms with E-state index in [4.69, 9.17) is 4.74 Å². The van der Waals surface area contributed by atoms with Crippen LogP contribution in [0.3, 0.4) is 0 Å². The van der Waals surface area contributed by atoms with Crippen LogP contribution in [-0.4, -0.2) is 15.7 Å². The van der Waals surface area contributed by atoms with Crippen LogP contribution < -0.4 is 10.1 Å². The normalized spacial score (nSPS) is 15.3. The number of rotatable bonds is 4. The highest BCUT2D eigenvalue weighted by Crippen LogP contribution is 2.32. The summed E-state index contributed by atoms with van der Waals surface area (Å²) in [6.45, 7) is 6.84. The van der Waals surface area contributed by atoms with Crippen LogP contribution in [0.4, 0.5) is 10.1 Å². The minimum atomic E-state index is -0.257. The average Bonchev–Trinajstić information content (AvgIpc) is 3.24. The highest BCUT2D eigenvalue weighted by Gasteiger charge is 2.19. The Morgan fingerprint density at radius 1 is 1.13 bits per heavy atom. The lowest BCUT2D eigenvalue weighted by atomic mass is 10.1. The van der Waals surface area contributed by atoms with E-state index in [1.807, 2.05) is 17.6 Å². The number of aromatic nitrogens is 2. The summed E-state index contributed by atoms with van der Waals surface area (Å²) in [7, 11) is 0. The second-order valence-corrected chi connectivity index (χ2v) is 8.00.